The lowest BCUT2D eigenvalue weighted by Crippen LogP contribution is -2.43. The van der Waals surface area contributed by atoms with Crippen molar-refractivity contribution >= 4 is 23.4 Å². The number of nitro benzene ring substituents is 1. The van der Waals surface area contributed by atoms with Gasteiger partial charge in [-0.15, -0.1) is 11.8 Å². The normalized spacial score (nSPS) is 13.3. The first-order chi connectivity index (χ1) is 11.0. The highest BCUT2D eigenvalue weighted by Gasteiger charge is 2.36. The second kappa shape index (κ2) is 7.28. The van der Waals surface area contributed by atoms with E-state index in [1.165, 1.54) is 23.9 Å². The molecule has 23 heavy (non-hydrogen) atoms. The number of rotatable bonds is 7. The first kappa shape index (κ1) is 17.0. The van der Waals surface area contributed by atoms with Gasteiger partial charge in [0.25, 0.3) is 5.69 Å². The van der Waals surface area contributed by atoms with Crippen LogP contribution in [0.15, 0.2) is 59.5 Å². The molecule has 2 aromatic carbocycles. The van der Waals surface area contributed by atoms with E-state index in [0.29, 0.717) is 12.2 Å². The van der Waals surface area contributed by atoms with Crippen LogP contribution in [0.3, 0.4) is 0 Å². The van der Waals surface area contributed by atoms with Crippen molar-refractivity contribution in [3.05, 3.63) is 70.3 Å². The molecular weight excluding hydrogens is 312 g/mol. The van der Waals surface area contributed by atoms with Gasteiger partial charge in [0.05, 0.1) is 10.3 Å². The molecule has 120 valence electrons. The Morgan fingerprint density at radius 3 is 2.48 bits per heavy atom. The number of nitrogens with zero attached hydrogens (tertiary/aromatic N) is 1. The summed E-state index contributed by atoms with van der Waals surface area (Å²) in [5.41, 5.74) is 5.81. The number of primary amides is 1. The molecule has 1 atom stereocenters. The van der Waals surface area contributed by atoms with E-state index in [0.717, 1.165) is 10.5 Å². The third-order valence-corrected chi connectivity index (χ3v) is 5.14. The number of carbonyl (C=O) groups excluding carboxylic acids is 1. The highest BCUT2D eigenvalue weighted by Crippen LogP contribution is 2.35. The van der Waals surface area contributed by atoms with Crippen LogP contribution >= 0.6 is 11.8 Å². The van der Waals surface area contributed by atoms with Crippen molar-refractivity contribution in [3.63, 3.8) is 0 Å². The van der Waals surface area contributed by atoms with Crippen molar-refractivity contribution in [2.45, 2.75) is 23.7 Å². The molecule has 0 aliphatic carbocycles. The van der Waals surface area contributed by atoms with Crippen LogP contribution in [0.4, 0.5) is 5.69 Å². The van der Waals surface area contributed by atoms with Gasteiger partial charge in [-0.25, -0.2) is 0 Å². The largest absolute Gasteiger partial charge is 0.369 e. The Bertz CT molecular complexity index is 706. The van der Waals surface area contributed by atoms with Gasteiger partial charge in [-0.05, 0) is 18.1 Å². The number of hydrogen-bond donors (Lipinski definition) is 1. The van der Waals surface area contributed by atoms with Gasteiger partial charge in [0.1, 0.15) is 0 Å². The maximum absolute atomic E-state index is 12.2. The zero-order valence-electron chi connectivity index (χ0n) is 12.8. The number of hydrogen-bond acceptors (Lipinski definition) is 4. The molecule has 0 spiro atoms. The molecule has 0 aliphatic rings. The highest BCUT2D eigenvalue weighted by atomic mass is 32.2. The van der Waals surface area contributed by atoms with Crippen LogP contribution in [0, 0.1) is 10.1 Å². The predicted molar refractivity (Wildman–Crippen MR) is 91.4 cm³/mol. The Morgan fingerprint density at radius 1 is 1.22 bits per heavy atom. The molecule has 0 aliphatic heterocycles. The summed E-state index contributed by atoms with van der Waals surface area (Å²) in [6.45, 7) is 1.92. The molecule has 0 bridgehead atoms. The van der Waals surface area contributed by atoms with Gasteiger partial charge in [0.2, 0.25) is 5.91 Å². The van der Waals surface area contributed by atoms with Crippen LogP contribution < -0.4 is 5.73 Å². The van der Waals surface area contributed by atoms with Crippen LogP contribution in [-0.4, -0.2) is 16.6 Å². The van der Waals surface area contributed by atoms with Gasteiger partial charge in [-0.3, -0.25) is 14.9 Å². The van der Waals surface area contributed by atoms with E-state index in [1.807, 2.05) is 37.3 Å². The second-order valence-corrected chi connectivity index (χ2v) is 6.26. The fourth-order valence-electron chi connectivity index (χ4n) is 2.43. The molecule has 0 radical (unpaired) electrons. The SMILES string of the molecule is CCC(CSc1cccc([N+](=O)[O-])c1)(C(N)=O)c1ccccc1. The van der Waals surface area contributed by atoms with Crippen LogP contribution in [0.2, 0.25) is 0 Å². The van der Waals surface area contributed by atoms with Crippen LogP contribution in [0.1, 0.15) is 18.9 Å². The average molecular weight is 330 g/mol. The summed E-state index contributed by atoms with van der Waals surface area (Å²) >= 11 is 1.40. The number of thioether (sulfide) groups is 1. The van der Waals surface area contributed by atoms with Crippen molar-refractivity contribution in [2.24, 2.45) is 5.73 Å². The van der Waals surface area contributed by atoms with Crippen LogP contribution in [-0.2, 0) is 10.2 Å². The first-order valence-corrected chi connectivity index (χ1v) is 8.21. The molecule has 2 N–H and O–H groups in total. The van der Waals surface area contributed by atoms with E-state index in [9.17, 15) is 14.9 Å². The van der Waals surface area contributed by atoms with Crippen molar-refractivity contribution < 1.29 is 9.72 Å². The summed E-state index contributed by atoms with van der Waals surface area (Å²) in [6.07, 6.45) is 0.564. The van der Waals surface area contributed by atoms with Crippen LogP contribution in [0.25, 0.3) is 0 Å². The maximum Gasteiger partial charge on any atom is 0.270 e. The lowest BCUT2D eigenvalue weighted by molar-refractivity contribution is -0.385. The van der Waals surface area contributed by atoms with Gasteiger partial charge < -0.3 is 5.73 Å². The van der Waals surface area contributed by atoms with Crippen molar-refractivity contribution in [1.29, 1.82) is 0 Å². The fraction of sp³-hybridized carbons (Fsp3) is 0.235. The Labute approximate surface area is 139 Å². The smallest absolute Gasteiger partial charge is 0.270 e. The number of carbonyl (C=O) groups is 1. The molecule has 0 heterocycles. The maximum atomic E-state index is 12.2. The van der Waals surface area contributed by atoms with Gasteiger partial charge >= 0.3 is 0 Å². The predicted octanol–water partition coefficient (Wildman–Crippen LogP) is 3.52. The van der Waals surface area contributed by atoms with E-state index < -0.39 is 10.3 Å². The fourth-order valence-corrected chi connectivity index (χ4v) is 3.73. The summed E-state index contributed by atoms with van der Waals surface area (Å²) in [7, 11) is 0. The number of non-ortho nitro benzene ring substituents is 1. The van der Waals surface area contributed by atoms with Crippen molar-refractivity contribution in [2.75, 3.05) is 5.75 Å². The number of amides is 1. The average Bonchev–Trinajstić information content (AvgIpc) is 2.57. The Hall–Kier alpha value is -2.34. The first-order valence-electron chi connectivity index (χ1n) is 7.22. The van der Waals surface area contributed by atoms with Gasteiger partial charge in [0, 0.05) is 22.8 Å². The molecular formula is C17H18N2O3S. The molecule has 0 aromatic heterocycles. The molecule has 2 rings (SSSR count). The van der Waals surface area contributed by atoms with Gasteiger partial charge in [0.15, 0.2) is 0 Å². The monoisotopic (exact) mass is 330 g/mol. The molecule has 2 aromatic rings. The standard InChI is InChI=1S/C17H18N2O3S/c1-2-17(16(18)20,13-7-4-3-5-8-13)12-23-15-10-6-9-14(11-15)19(21)22/h3-11H,2,12H2,1H3,(H2,18,20). The molecule has 1 unspecified atom stereocenters. The quantitative estimate of drug-likeness (QED) is 0.478. The minimum Gasteiger partial charge on any atom is -0.369 e. The third-order valence-electron chi connectivity index (χ3n) is 3.92. The second-order valence-electron chi connectivity index (χ2n) is 5.21. The van der Waals surface area contributed by atoms with E-state index in [-0.39, 0.29) is 11.6 Å². The summed E-state index contributed by atoms with van der Waals surface area (Å²) in [5, 5.41) is 10.9. The summed E-state index contributed by atoms with van der Waals surface area (Å²) in [5.74, 6) is 0.0495. The minimum absolute atomic E-state index is 0.0379. The zero-order chi connectivity index (χ0) is 16.9. The highest BCUT2D eigenvalue weighted by molar-refractivity contribution is 7.99. The topological polar surface area (TPSA) is 86.2 Å². The third kappa shape index (κ3) is 3.71. The summed E-state index contributed by atoms with van der Waals surface area (Å²) < 4.78 is 0. The zero-order valence-corrected chi connectivity index (χ0v) is 13.6. The molecule has 0 saturated heterocycles. The molecule has 5 nitrogen and oxygen atoms in total. The van der Waals surface area contributed by atoms with E-state index in [2.05, 4.69) is 0 Å². The number of nitro groups is 1. The molecule has 1 amide bonds. The van der Waals surface area contributed by atoms with E-state index in [4.69, 9.17) is 5.73 Å². The summed E-state index contributed by atoms with van der Waals surface area (Å²) in [6, 6.07) is 15.8. The summed E-state index contributed by atoms with van der Waals surface area (Å²) in [4.78, 5) is 23.3. The van der Waals surface area contributed by atoms with E-state index >= 15 is 0 Å². The van der Waals surface area contributed by atoms with Gasteiger partial charge in [-0.2, -0.15) is 0 Å². The molecule has 6 heteroatoms. The molecule has 0 fully saturated rings. The minimum atomic E-state index is -0.795. The Morgan fingerprint density at radius 2 is 1.91 bits per heavy atom. The van der Waals surface area contributed by atoms with Gasteiger partial charge in [-0.1, -0.05) is 43.3 Å². The van der Waals surface area contributed by atoms with E-state index in [1.54, 1.807) is 12.1 Å². The number of benzene rings is 2. The molecule has 0 saturated carbocycles. The Kier molecular flexibility index (Phi) is 5.39. The Balaban J connectivity index is 2.28. The van der Waals surface area contributed by atoms with Crippen LogP contribution in [0.5, 0.6) is 0 Å². The van der Waals surface area contributed by atoms with Crippen molar-refractivity contribution in [1.82, 2.24) is 0 Å². The van der Waals surface area contributed by atoms with Crippen molar-refractivity contribution in [3.8, 4) is 0 Å². The lowest BCUT2D eigenvalue weighted by Gasteiger charge is -2.29. The number of nitrogens with two attached hydrogens (primary N) is 1. The lowest BCUT2D eigenvalue weighted by atomic mass is 9.79.